The molecule has 0 bridgehead atoms. The Morgan fingerprint density at radius 1 is 0.905 bits per heavy atom. The Balaban J connectivity index is 1.34. The van der Waals surface area contributed by atoms with E-state index in [0.29, 0.717) is 36.5 Å². The number of aliphatic hydroxyl groups is 1. The number of anilines is 1. The van der Waals surface area contributed by atoms with E-state index < -0.39 is 29.2 Å². The molecule has 1 atom stereocenters. The quantitative estimate of drug-likeness (QED) is 0.438. The minimum atomic E-state index is -6.15. The van der Waals surface area contributed by atoms with Crippen LogP contribution in [0, 0.1) is 0 Å². The molecule has 2 amide bonds. The van der Waals surface area contributed by atoms with Gasteiger partial charge in [0.25, 0.3) is 11.8 Å². The molecule has 0 spiro atoms. The fraction of sp³-hybridized carbons (Fsp3) is 0.517. The van der Waals surface area contributed by atoms with Crippen LogP contribution in [0.1, 0.15) is 41.6 Å². The summed E-state index contributed by atoms with van der Waals surface area (Å²) < 4.78 is 75.6. The summed E-state index contributed by atoms with van der Waals surface area (Å²) >= 11 is 6.35. The van der Waals surface area contributed by atoms with E-state index in [1.807, 2.05) is 6.07 Å². The first kappa shape index (κ1) is 32.0. The molecule has 1 unspecified atom stereocenters. The van der Waals surface area contributed by atoms with E-state index in [1.165, 1.54) is 23.1 Å². The number of nitrogens with zero attached hydrogens (tertiary/aromatic N) is 3. The number of hydrogen-bond acceptors (Lipinski definition) is 5. The molecule has 230 valence electrons. The molecule has 0 radical (unpaired) electrons. The van der Waals surface area contributed by atoms with E-state index in [2.05, 4.69) is 4.90 Å². The molecule has 2 aliphatic heterocycles. The van der Waals surface area contributed by atoms with Crippen molar-refractivity contribution in [3.05, 3.63) is 64.7 Å². The lowest BCUT2D eigenvalue weighted by Crippen LogP contribution is -2.63. The lowest BCUT2D eigenvalue weighted by Gasteiger charge is -2.42. The van der Waals surface area contributed by atoms with Gasteiger partial charge in [-0.25, -0.2) is 0 Å². The van der Waals surface area contributed by atoms with Crippen LogP contribution in [0.25, 0.3) is 0 Å². The number of carbonyl (C=O) groups excluding carboxylic acids is 2. The van der Waals surface area contributed by atoms with Gasteiger partial charge in [0.2, 0.25) is 5.60 Å². The van der Waals surface area contributed by atoms with E-state index >= 15 is 0 Å². The number of benzene rings is 2. The zero-order valence-corrected chi connectivity index (χ0v) is 24.0. The second kappa shape index (κ2) is 12.3. The fourth-order valence-electron chi connectivity index (χ4n) is 5.38. The maximum Gasteiger partial charge on any atom is 0.457 e. The van der Waals surface area contributed by atoms with E-state index in [4.69, 9.17) is 16.3 Å². The summed E-state index contributed by atoms with van der Waals surface area (Å²) in [6.45, 7) is 1.05. The van der Waals surface area contributed by atoms with Crippen molar-refractivity contribution in [2.24, 2.45) is 0 Å². The van der Waals surface area contributed by atoms with Gasteiger partial charge < -0.3 is 24.5 Å². The van der Waals surface area contributed by atoms with Crippen LogP contribution in [0.3, 0.4) is 0 Å². The standard InChI is InChI=1S/C29H33ClF5N3O4/c1-36(2)25(39)23-9-8-20(18-24(23)30)37-14-10-21(11-15-37)42-22-12-16-38(17-13-22)26(40)27(41,19-6-4-3-5-7-19)28(31,32)29(33,34)35/h3-9,18,21-22,41H,10-17H2,1-2H3. The Bertz CT molecular complexity index is 1260. The smallest absolute Gasteiger partial charge is 0.375 e. The average Bonchev–Trinajstić information content (AvgIpc) is 2.96. The number of likely N-dealkylation sites (tertiary alicyclic amines) is 1. The van der Waals surface area contributed by atoms with Crippen LogP contribution >= 0.6 is 11.6 Å². The highest BCUT2D eigenvalue weighted by Gasteiger charge is 2.74. The Hall–Kier alpha value is -2.96. The van der Waals surface area contributed by atoms with Gasteiger partial charge in [-0.1, -0.05) is 41.9 Å². The molecular formula is C29H33ClF5N3O4. The maximum absolute atomic E-state index is 14.6. The third-order valence-electron chi connectivity index (χ3n) is 7.82. The molecule has 7 nitrogen and oxygen atoms in total. The minimum Gasteiger partial charge on any atom is -0.375 e. The number of carbonyl (C=O) groups is 2. The summed E-state index contributed by atoms with van der Waals surface area (Å²) in [6.07, 6.45) is -4.75. The van der Waals surface area contributed by atoms with Gasteiger partial charge in [-0.15, -0.1) is 0 Å². The number of amides is 2. The highest BCUT2D eigenvalue weighted by Crippen LogP contribution is 2.49. The lowest BCUT2D eigenvalue weighted by molar-refractivity contribution is -0.339. The molecule has 2 saturated heterocycles. The first-order chi connectivity index (χ1) is 19.7. The minimum absolute atomic E-state index is 0.102. The molecule has 42 heavy (non-hydrogen) atoms. The summed E-state index contributed by atoms with van der Waals surface area (Å²) in [5.74, 6) is -7.60. The molecule has 13 heteroatoms. The number of alkyl halides is 5. The van der Waals surface area contributed by atoms with E-state index in [1.54, 1.807) is 26.2 Å². The Kier molecular flexibility index (Phi) is 9.39. The van der Waals surface area contributed by atoms with Gasteiger partial charge in [-0.2, -0.15) is 22.0 Å². The number of hydrogen-bond donors (Lipinski definition) is 1. The summed E-state index contributed by atoms with van der Waals surface area (Å²) in [7, 11) is 3.30. The molecule has 2 aliphatic rings. The van der Waals surface area contributed by atoms with Crippen LogP contribution in [-0.2, 0) is 15.1 Å². The molecule has 1 N–H and O–H groups in total. The monoisotopic (exact) mass is 617 g/mol. The molecule has 2 heterocycles. The molecule has 0 aliphatic carbocycles. The van der Waals surface area contributed by atoms with Gasteiger partial charge >= 0.3 is 12.1 Å². The van der Waals surface area contributed by atoms with Crippen molar-refractivity contribution in [3.8, 4) is 0 Å². The van der Waals surface area contributed by atoms with Crippen molar-refractivity contribution in [3.63, 3.8) is 0 Å². The third kappa shape index (κ3) is 6.21. The summed E-state index contributed by atoms with van der Waals surface area (Å²) in [6, 6.07) is 10.8. The van der Waals surface area contributed by atoms with Gasteiger partial charge in [0.1, 0.15) is 0 Å². The number of rotatable bonds is 7. The van der Waals surface area contributed by atoms with Crippen LogP contribution in [0.15, 0.2) is 48.5 Å². The molecule has 2 aromatic carbocycles. The van der Waals surface area contributed by atoms with E-state index in [-0.39, 0.29) is 44.0 Å². The van der Waals surface area contributed by atoms with Crippen LogP contribution in [0.4, 0.5) is 27.6 Å². The fourth-order valence-corrected chi connectivity index (χ4v) is 5.64. The predicted octanol–water partition coefficient (Wildman–Crippen LogP) is 5.10. The van der Waals surface area contributed by atoms with Gasteiger partial charge in [0.15, 0.2) is 0 Å². The zero-order valence-electron chi connectivity index (χ0n) is 23.2. The molecule has 2 fully saturated rings. The summed E-state index contributed by atoms with van der Waals surface area (Å²) in [5.41, 5.74) is -3.64. The van der Waals surface area contributed by atoms with Crippen LogP contribution in [0.5, 0.6) is 0 Å². The molecule has 2 aromatic rings. The average molecular weight is 618 g/mol. The highest BCUT2D eigenvalue weighted by atomic mass is 35.5. The van der Waals surface area contributed by atoms with E-state index in [0.717, 1.165) is 22.7 Å². The van der Waals surface area contributed by atoms with Crippen molar-refractivity contribution in [1.29, 1.82) is 0 Å². The SMILES string of the molecule is CN(C)C(=O)c1ccc(N2CCC(OC3CCN(C(=O)C(O)(c4ccccc4)C(F)(F)C(F)(F)F)CC3)CC2)cc1Cl. The Morgan fingerprint density at radius 3 is 1.95 bits per heavy atom. The van der Waals surface area contributed by atoms with E-state index in [9.17, 15) is 36.6 Å². The van der Waals surface area contributed by atoms with Crippen LogP contribution in [-0.4, -0.2) is 91.3 Å². The Labute approximate surface area is 245 Å². The van der Waals surface area contributed by atoms with Gasteiger partial charge in [0.05, 0.1) is 22.8 Å². The number of piperidine rings is 2. The van der Waals surface area contributed by atoms with Crippen molar-refractivity contribution in [2.75, 3.05) is 45.2 Å². The van der Waals surface area contributed by atoms with Crippen LogP contribution < -0.4 is 4.90 Å². The molecule has 4 rings (SSSR count). The first-order valence-corrected chi connectivity index (χ1v) is 14.0. The molecule has 0 aromatic heterocycles. The predicted molar refractivity (Wildman–Crippen MR) is 147 cm³/mol. The number of halogens is 6. The maximum atomic E-state index is 14.6. The Morgan fingerprint density at radius 2 is 1.45 bits per heavy atom. The first-order valence-electron chi connectivity index (χ1n) is 13.6. The molecular weight excluding hydrogens is 585 g/mol. The van der Waals surface area contributed by atoms with Crippen molar-refractivity contribution >= 4 is 29.1 Å². The van der Waals surface area contributed by atoms with Crippen LogP contribution in [0.2, 0.25) is 5.02 Å². The normalized spacial score (nSPS) is 19.0. The topological polar surface area (TPSA) is 73.3 Å². The van der Waals surface area contributed by atoms with Gasteiger partial charge in [-0.05, 0) is 49.4 Å². The second-order valence-electron chi connectivity index (χ2n) is 10.8. The van der Waals surface area contributed by atoms with Gasteiger partial charge in [0, 0.05) is 46.0 Å². The second-order valence-corrected chi connectivity index (χ2v) is 11.2. The van der Waals surface area contributed by atoms with Crippen molar-refractivity contribution in [2.45, 2.75) is 55.6 Å². The van der Waals surface area contributed by atoms with Crippen molar-refractivity contribution in [1.82, 2.24) is 9.80 Å². The largest absolute Gasteiger partial charge is 0.457 e. The lowest BCUT2D eigenvalue weighted by atomic mass is 9.84. The third-order valence-corrected chi connectivity index (χ3v) is 8.13. The zero-order chi connectivity index (χ0) is 30.9. The van der Waals surface area contributed by atoms with Gasteiger partial charge in [-0.3, -0.25) is 9.59 Å². The number of ether oxygens (including phenoxy) is 1. The molecule has 0 saturated carbocycles. The van der Waals surface area contributed by atoms with Crippen molar-refractivity contribution < 1.29 is 41.4 Å². The summed E-state index contributed by atoms with van der Waals surface area (Å²) in [4.78, 5) is 29.8. The highest BCUT2D eigenvalue weighted by molar-refractivity contribution is 6.34. The summed E-state index contributed by atoms with van der Waals surface area (Å²) in [5, 5.41) is 11.1.